The highest BCUT2D eigenvalue weighted by Gasteiger charge is 2.12. The van der Waals surface area contributed by atoms with E-state index in [1.807, 2.05) is 12.1 Å². The third kappa shape index (κ3) is 3.13. The molecule has 0 saturated heterocycles. The lowest BCUT2D eigenvalue weighted by Gasteiger charge is -2.18. The summed E-state index contributed by atoms with van der Waals surface area (Å²) in [5, 5.41) is 0. The van der Waals surface area contributed by atoms with Crippen LogP contribution in [0.2, 0.25) is 0 Å². The summed E-state index contributed by atoms with van der Waals surface area (Å²) in [5.41, 5.74) is 3.94. The molecule has 0 radical (unpaired) electrons. The first-order valence-electron chi connectivity index (χ1n) is 7.07. The van der Waals surface area contributed by atoms with Gasteiger partial charge < -0.3 is 9.64 Å². The predicted molar refractivity (Wildman–Crippen MR) is 85.9 cm³/mol. The SMILES string of the molecule is CCC(c1ccc(OC)cc1)c1ccc(N(C)C)cc1. The van der Waals surface area contributed by atoms with Gasteiger partial charge in [-0.1, -0.05) is 31.2 Å². The van der Waals surface area contributed by atoms with E-state index in [1.165, 1.54) is 16.8 Å². The smallest absolute Gasteiger partial charge is 0.118 e. The fraction of sp³-hybridized carbons (Fsp3) is 0.333. The van der Waals surface area contributed by atoms with Gasteiger partial charge in [-0.15, -0.1) is 0 Å². The molecule has 106 valence electrons. The number of anilines is 1. The molecule has 0 spiro atoms. The van der Waals surface area contributed by atoms with Crippen molar-refractivity contribution in [3.8, 4) is 5.75 Å². The highest BCUT2D eigenvalue weighted by atomic mass is 16.5. The number of hydrogen-bond acceptors (Lipinski definition) is 2. The van der Waals surface area contributed by atoms with E-state index >= 15 is 0 Å². The molecule has 0 amide bonds. The standard InChI is InChI=1S/C18H23NO/c1-5-18(15-8-12-17(20-4)13-9-15)14-6-10-16(11-7-14)19(2)3/h6-13,18H,5H2,1-4H3. The van der Waals surface area contributed by atoms with Gasteiger partial charge in [0.15, 0.2) is 0 Å². The maximum atomic E-state index is 5.22. The number of hydrogen-bond donors (Lipinski definition) is 0. The molecular weight excluding hydrogens is 246 g/mol. The molecule has 1 atom stereocenters. The van der Waals surface area contributed by atoms with Gasteiger partial charge in [-0.2, -0.15) is 0 Å². The topological polar surface area (TPSA) is 12.5 Å². The van der Waals surface area contributed by atoms with Gasteiger partial charge in [0, 0.05) is 25.7 Å². The van der Waals surface area contributed by atoms with Gasteiger partial charge >= 0.3 is 0 Å². The number of ether oxygens (including phenoxy) is 1. The number of methoxy groups -OCH3 is 1. The van der Waals surface area contributed by atoms with Crippen LogP contribution >= 0.6 is 0 Å². The highest BCUT2D eigenvalue weighted by molar-refractivity contribution is 5.48. The van der Waals surface area contributed by atoms with Crippen molar-refractivity contribution in [1.29, 1.82) is 0 Å². The van der Waals surface area contributed by atoms with Gasteiger partial charge in [-0.25, -0.2) is 0 Å². The second-order valence-corrected chi connectivity index (χ2v) is 5.22. The summed E-state index contributed by atoms with van der Waals surface area (Å²) >= 11 is 0. The van der Waals surface area contributed by atoms with Crippen LogP contribution < -0.4 is 9.64 Å². The summed E-state index contributed by atoms with van der Waals surface area (Å²) in [6.45, 7) is 2.23. The van der Waals surface area contributed by atoms with Crippen molar-refractivity contribution in [3.05, 3.63) is 59.7 Å². The summed E-state index contributed by atoms with van der Waals surface area (Å²) in [6, 6.07) is 17.2. The van der Waals surface area contributed by atoms with Crippen LogP contribution in [0, 0.1) is 0 Å². The average molecular weight is 269 g/mol. The minimum atomic E-state index is 0.442. The largest absolute Gasteiger partial charge is 0.497 e. The van der Waals surface area contributed by atoms with Crippen LogP contribution in [0.1, 0.15) is 30.4 Å². The molecule has 0 aliphatic heterocycles. The maximum Gasteiger partial charge on any atom is 0.118 e. The van der Waals surface area contributed by atoms with Crippen molar-refractivity contribution in [2.75, 3.05) is 26.1 Å². The Morgan fingerprint density at radius 3 is 1.80 bits per heavy atom. The third-order valence-corrected chi connectivity index (χ3v) is 3.74. The number of rotatable bonds is 5. The van der Waals surface area contributed by atoms with Crippen molar-refractivity contribution in [2.45, 2.75) is 19.3 Å². The number of benzene rings is 2. The van der Waals surface area contributed by atoms with Gasteiger partial charge in [0.1, 0.15) is 5.75 Å². The van der Waals surface area contributed by atoms with E-state index in [9.17, 15) is 0 Å². The Kier molecular flexibility index (Phi) is 4.67. The lowest BCUT2D eigenvalue weighted by atomic mass is 9.89. The fourth-order valence-electron chi connectivity index (χ4n) is 2.50. The summed E-state index contributed by atoms with van der Waals surface area (Å²) in [6.07, 6.45) is 1.09. The lowest BCUT2D eigenvalue weighted by molar-refractivity contribution is 0.414. The van der Waals surface area contributed by atoms with E-state index in [0.717, 1.165) is 12.2 Å². The zero-order chi connectivity index (χ0) is 14.5. The molecule has 0 bridgehead atoms. The van der Waals surface area contributed by atoms with Crippen LogP contribution in [-0.4, -0.2) is 21.2 Å². The summed E-state index contributed by atoms with van der Waals surface area (Å²) < 4.78 is 5.22. The Morgan fingerprint density at radius 1 is 0.900 bits per heavy atom. The first-order chi connectivity index (χ1) is 9.65. The molecule has 0 heterocycles. The molecule has 0 fully saturated rings. The van der Waals surface area contributed by atoms with Crippen LogP contribution in [0.3, 0.4) is 0 Å². The quantitative estimate of drug-likeness (QED) is 0.802. The Balaban J connectivity index is 2.26. The molecule has 0 N–H and O–H groups in total. The minimum Gasteiger partial charge on any atom is -0.497 e. The molecule has 20 heavy (non-hydrogen) atoms. The van der Waals surface area contributed by atoms with Gasteiger partial charge in [0.25, 0.3) is 0 Å². The summed E-state index contributed by atoms with van der Waals surface area (Å²) in [4.78, 5) is 2.12. The maximum absolute atomic E-state index is 5.22. The molecular formula is C18H23NO. The molecule has 2 aromatic carbocycles. The summed E-state index contributed by atoms with van der Waals surface area (Å²) in [7, 11) is 5.83. The van der Waals surface area contributed by atoms with E-state index < -0.39 is 0 Å². The van der Waals surface area contributed by atoms with Gasteiger partial charge in [0.2, 0.25) is 0 Å². The van der Waals surface area contributed by atoms with Gasteiger partial charge in [-0.05, 0) is 41.8 Å². The lowest BCUT2D eigenvalue weighted by Crippen LogP contribution is -2.08. The van der Waals surface area contributed by atoms with E-state index in [4.69, 9.17) is 4.74 Å². The Morgan fingerprint density at radius 2 is 1.40 bits per heavy atom. The molecule has 2 rings (SSSR count). The van der Waals surface area contributed by atoms with Gasteiger partial charge in [0.05, 0.1) is 7.11 Å². The van der Waals surface area contributed by atoms with Crippen LogP contribution in [0.25, 0.3) is 0 Å². The van der Waals surface area contributed by atoms with Crippen LogP contribution in [0.15, 0.2) is 48.5 Å². The molecule has 2 heteroatoms. The zero-order valence-corrected chi connectivity index (χ0v) is 12.8. The van der Waals surface area contributed by atoms with Gasteiger partial charge in [-0.3, -0.25) is 0 Å². The van der Waals surface area contributed by atoms with Crippen LogP contribution in [0.4, 0.5) is 5.69 Å². The molecule has 1 unspecified atom stereocenters. The average Bonchev–Trinajstić information content (AvgIpc) is 2.49. The first kappa shape index (κ1) is 14.4. The van der Waals surface area contributed by atoms with Crippen molar-refractivity contribution in [2.24, 2.45) is 0 Å². The van der Waals surface area contributed by atoms with E-state index in [1.54, 1.807) is 7.11 Å². The predicted octanol–water partition coefficient (Wildman–Crippen LogP) is 4.30. The highest BCUT2D eigenvalue weighted by Crippen LogP contribution is 2.30. The van der Waals surface area contributed by atoms with Crippen molar-refractivity contribution in [3.63, 3.8) is 0 Å². The Labute approximate surface area is 122 Å². The van der Waals surface area contributed by atoms with Crippen molar-refractivity contribution < 1.29 is 4.74 Å². The molecule has 2 aromatic rings. The zero-order valence-electron chi connectivity index (χ0n) is 12.8. The molecule has 2 nitrogen and oxygen atoms in total. The Hall–Kier alpha value is -1.96. The fourth-order valence-corrected chi connectivity index (χ4v) is 2.50. The second kappa shape index (κ2) is 6.47. The van der Waals surface area contributed by atoms with Crippen molar-refractivity contribution in [1.82, 2.24) is 0 Å². The first-order valence-corrected chi connectivity index (χ1v) is 7.07. The number of nitrogens with zero attached hydrogens (tertiary/aromatic N) is 1. The molecule has 0 saturated carbocycles. The Bertz CT molecular complexity index is 528. The molecule has 0 aliphatic rings. The second-order valence-electron chi connectivity index (χ2n) is 5.22. The van der Waals surface area contributed by atoms with Crippen LogP contribution in [0.5, 0.6) is 5.75 Å². The molecule has 0 aromatic heterocycles. The normalized spacial score (nSPS) is 12.0. The van der Waals surface area contributed by atoms with Crippen LogP contribution in [-0.2, 0) is 0 Å². The summed E-state index contributed by atoms with van der Waals surface area (Å²) in [5.74, 6) is 1.35. The minimum absolute atomic E-state index is 0.442. The molecule has 0 aliphatic carbocycles. The van der Waals surface area contributed by atoms with E-state index in [2.05, 4.69) is 62.3 Å². The van der Waals surface area contributed by atoms with E-state index in [0.29, 0.717) is 5.92 Å². The monoisotopic (exact) mass is 269 g/mol. The van der Waals surface area contributed by atoms with Crippen molar-refractivity contribution >= 4 is 5.69 Å². The third-order valence-electron chi connectivity index (χ3n) is 3.74. The van der Waals surface area contributed by atoms with E-state index in [-0.39, 0.29) is 0 Å².